The lowest BCUT2D eigenvalue weighted by molar-refractivity contribution is 0.0697. The Hall–Kier alpha value is -3.01. The van der Waals surface area contributed by atoms with Crippen molar-refractivity contribution in [1.29, 1.82) is 0 Å². The number of aryl methyl sites for hydroxylation is 1. The van der Waals surface area contributed by atoms with Gasteiger partial charge >= 0.3 is 5.97 Å². The molecule has 4 heteroatoms. The standard InChI is InChI=1S/C18H14N2O2/c1-12-7-5-6-10-14(12)16-15(18(21)22)11-19-17(20-16)13-8-3-2-4-9-13/h2-11H,1H3,(H,21,22). The molecule has 22 heavy (non-hydrogen) atoms. The van der Waals surface area contributed by atoms with Gasteiger partial charge in [-0.3, -0.25) is 0 Å². The minimum Gasteiger partial charge on any atom is -0.478 e. The number of hydrogen-bond acceptors (Lipinski definition) is 3. The maximum atomic E-state index is 11.5. The highest BCUT2D eigenvalue weighted by atomic mass is 16.4. The molecule has 3 aromatic rings. The molecule has 1 heterocycles. The molecule has 4 nitrogen and oxygen atoms in total. The molecule has 0 aliphatic carbocycles. The topological polar surface area (TPSA) is 63.1 Å². The monoisotopic (exact) mass is 290 g/mol. The molecule has 1 aromatic heterocycles. The third-order valence-corrected chi connectivity index (χ3v) is 3.45. The Morgan fingerprint density at radius 3 is 2.36 bits per heavy atom. The van der Waals surface area contributed by atoms with Crippen LogP contribution >= 0.6 is 0 Å². The maximum absolute atomic E-state index is 11.5. The molecular formula is C18H14N2O2. The Kier molecular flexibility index (Phi) is 3.66. The third-order valence-electron chi connectivity index (χ3n) is 3.45. The van der Waals surface area contributed by atoms with Crippen LogP contribution < -0.4 is 0 Å². The van der Waals surface area contributed by atoms with Crippen molar-refractivity contribution in [3.8, 4) is 22.6 Å². The Labute approximate surface area is 128 Å². The quantitative estimate of drug-likeness (QED) is 0.796. The summed E-state index contributed by atoms with van der Waals surface area (Å²) >= 11 is 0. The van der Waals surface area contributed by atoms with E-state index in [9.17, 15) is 9.90 Å². The molecule has 0 atom stereocenters. The summed E-state index contributed by atoms with van der Waals surface area (Å²) in [4.78, 5) is 20.2. The first kappa shape index (κ1) is 13.9. The van der Waals surface area contributed by atoms with E-state index in [-0.39, 0.29) is 5.56 Å². The van der Waals surface area contributed by atoms with Crippen molar-refractivity contribution in [2.24, 2.45) is 0 Å². The summed E-state index contributed by atoms with van der Waals surface area (Å²) in [5.74, 6) is -0.512. The second-order valence-corrected chi connectivity index (χ2v) is 4.94. The largest absolute Gasteiger partial charge is 0.478 e. The molecule has 0 unspecified atom stereocenters. The van der Waals surface area contributed by atoms with E-state index >= 15 is 0 Å². The predicted molar refractivity (Wildman–Crippen MR) is 84.6 cm³/mol. The van der Waals surface area contributed by atoms with Crippen LogP contribution in [0.2, 0.25) is 0 Å². The molecular weight excluding hydrogens is 276 g/mol. The molecule has 0 aliphatic rings. The van der Waals surface area contributed by atoms with Crippen molar-refractivity contribution in [2.75, 3.05) is 0 Å². The lowest BCUT2D eigenvalue weighted by Crippen LogP contribution is -2.05. The zero-order chi connectivity index (χ0) is 15.5. The molecule has 108 valence electrons. The van der Waals surface area contributed by atoms with E-state index in [1.165, 1.54) is 6.20 Å². The van der Waals surface area contributed by atoms with Crippen LogP contribution in [0.25, 0.3) is 22.6 Å². The van der Waals surface area contributed by atoms with Crippen molar-refractivity contribution >= 4 is 5.97 Å². The Bertz CT molecular complexity index is 830. The molecule has 0 bridgehead atoms. The van der Waals surface area contributed by atoms with Crippen LogP contribution in [0.1, 0.15) is 15.9 Å². The van der Waals surface area contributed by atoms with Crippen molar-refractivity contribution < 1.29 is 9.90 Å². The molecule has 0 aliphatic heterocycles. The van der Waals surface area contributed by atoms with Gasteiger partial charge in [-0.15, -0.1) is 0 Å². The summed E-state index contributed by atoms with van der Waals surface area (Å²) in [7, 11) is 0. The van der Waals surface area contributed by atoms with Crippen LogP contribution in [-0.4, -0.2) is 21.0 Å². The fraction of sp³-hybridized carbons (Fsp3) is 0.0556. The molecule has 1 N–H and O–H groups in total. The van der Waals surface area contributed by atoms with E-state index < -0.39 is 5.97 Å². The van der Waals surface area contributed by atoms with Crippen molar-refractivity contribution in [1.82, 2.24) is 9.97 Å². The Morgan fingerprint density at radius 2 is 1.68 bits per heavy atom. The molecule has 3 rings (SSSR count). The minimum absolute atomic E-state index is 0.106. The average Bonchev–Trinajstić information content (AvgIpc) is 2.55. The molecule has 0 amide bonds. The number of carboxylic acids is 1. The molecule has 0 saturated heterocycles. The zero-order valence-corrected chi connectivity index (χ0v) is 12.0. The highest BCUT2D eigenvalue weighted by molar-refractivity contribution is 5.95. The van der Waals surface area contributed by atoms with Crippen LogP contribution in [0.15, 0.2) is 60.8 Å². The van der Waals surface area contributed by atoms with Gasteiger partial charge in [0.2, 0.25) is 0 Å². The van der Waals surface area contributed by atoms with E-state index in [2.05, 4.69) is 9.97 Å². The first-order chi connectivity index (χ1) is 10.7. The van der Waals surface area contributed by atoms with Crippen LogP contribution in [-0.2, 0) is 0 Å². The predicted octanol–water partition coefficient (Wildman–Crippen LogP) is 3.82. The molecule has 0 spiro atoms. The number of carboxylic acid groups (broad SMARTS) is 1. The van der Waals surface area contributed by atoms with E-state index in [4.69, 9.17) is 0 Å². The smallest absolute Gasteiger partial charge is 0.339 e. The average molecular weight is 290 g/mol. The van der Waals surface area contributed by atoms with Crippen LogP contribution in [0.3, 0.4) is 0 Å². The summed E-state index contributed by atoms with van der Waals surface area (Å²) in [5, 5.41) is 9.40. The van der Waals surface area contributed by atoms with Crippen LogP contribution in [0.5, 0.6) is 0 Å². The van der Waals surface area contributed by atoms with Crippen molar-refractivity contribution in [3.63, 3.8) is 0 Å². The van der Waals surface area contributed by atoms with E-state index in [0.29, 0.717) is 11.5 Å². The first-order valence-electron chi connectivity index (χ1n) is 6.88. The summed E-state index contributed by atoms with van der Waals surface area (Å²) in [6, 6.07) is 17.1. The summed E-state index contributed by atoms with van der Waals surface area (Å²) in [5.41, 5.74) is 3.19. The lowest BCUT2D eigenvalue weighted by atomic mass is 10.0. The number of rotatable bonds is 3. The SMILES string of the molecule is Cc1ccccc1-c1nc(-c2ccccc2)ncc1C(=O)O. The Balaban J connectivity index is 2.22. The minimum atomic E-state index is -1.03. The van der Waals surface area contributed by atoms with Gasteiger partial charge in [0.05, 0.1) is 5.69 Å². The number of aromatic nitrogens is 2. The second-order valence-electron chi connectivity index (χ2n) is 4.94. The molecule has 0 saturated carbocycles. The normalized spacial score (nSPS) is 10.4. The second kappa shape index (κ2) is 5.77. The molecule has 0 fully saturated rings. The van der Waals surface area contributed by atoms with Crippen LogP contribution in [0, 0.1) is 6.92 Å². The van der Waals surface area contributed by atoms with Gasteiger partial charge in [0.15, 0.2) is 5.82 Å². The van der Waals surface area contributed by atoms with E-state index in [1.54, 1.807) is 0 Å². The highest BCUT2D eigenvalue weighted by Gasteiger charge is 2.17. The Morgan fingerprint density at radius 1 is 1.00 bits per heavy atom. The number of benzene rings is 2. The number of carbonyl (C=O) groups is 1. The number of nitrogens with zero attached hydrogens (tertiary/aromatic N) is 2. The van der Waals surface area contributed by atoms with Gasteiger partial charge < -0.3 is 5.11 Å². The van der Waals surface area contributed by atoms with E-state index in [1.807, 2.05) is 61.5 Å². The van der Waals surface area contributed by atoms with E-state index in [0.717, 1.165) is 16.7 Å². The van der Waals surface area contributed by atoms with Gasteiger partial charge in [0.1, 0.15) is 5.56 Å². The maximum Gasteiger partial charge on any atom is 0.339 e. The highest BCUT2D eigenvalue weighted by Crippen LogP contribution is 2.27. The van der Waals surface area contributed by atoms with Crippen molar-refractivity contribution in [2.45, 2.75) is 6.92 Å². The third kappa shape index (κ3) is 2.59. The van der Waals surface area contributed by atoms with Gasteiger partial charge in [-0.1, -0.05) is 54.6 Å². The summed E-state index contributed by atoms with van der Waals surface area (Å²) in [6.07, 6.45) is 1.37. The summed E-state index contributed by atoms with van der Waals surface area (Å²) < 4.78 is 0. The fourth-order valence-corrected chi connectivity index (χ4v) is 2.31. The fourth-order valence-electron chi connectivity index (χ4n) is 2.31. The first-order valence-corrected chi connectivity index (χ1v) is 6.88. The van der Waals surface area contributed by atoms with Gasteiger partial charge in [-0.05, 0) is 12.5 Å². The van der Waals surface area contributed by atoms with Gasteiger partial charge in [0, 0.05) is 17.3 Å². The number of aromatic carboxylic acids is 1. The zero-order valence-electron chi connectivity index (χ0n) is 12.0. The summed E-state index contributed by atoms with van der Waals surface area (Å²) in [6.45, 7) is 1.94. The number of hydrogen-bond donors (Lipinski definition) is 1. The van der Waals surface area contributed by atoms with Gasteiger partial charge in [0.25, 0.3) is 0 Å². The lowest BCUT2D eigenvalue weighted by Gasteiger charge is -2.10. The van der Waals surface area contributed by atoms with Crippen molar-refractivity contribution in [3.05, 3.63) is 71.9 Å². The molecule has 2 aromatic carbocycles. The molecule has 0 radical (unpaired) electrons. The van der Waals surface area contributed by atoms with Gasteiger partial charge in [-0.25, -0.2) is 14.8 Å². The van der Waals surface area contributed by atoms with Gasteiger partial charge in [-0.2, -0.15) is 0 Å². The van der Waals surface area contributed by atoms with Crippen LogP contribution in [0.4, 0.5) is 0 Å².